The zero-order chi connectivity index (χ0) is 20.8. The van der Waals surface area contributed by atoms with Crippen molar-refractivity contribution in [1.82, 2.24) is 0 Å². The van der Waals surface area contributed by atoms with Gasteiger partial charge in [-0.3, -0.25) is 4.99 Å². The van der Waals surface area contributed by atoms with E-state index in [1.54, 1.807) is 24.4 Å². The molecule has 150 valence electrons. The average molecular weight is 456 g/mol. The van der Waals surface area contributed by atoms with Crippen LogP contribution in [-0.2, 0) is 6.61 Å². The smallest absolute Gasteiger partial charge is 0.175 e. The maximum absolute atomic E-state index is 13.9. The lowest BCUT2D eigenvalue weighted by molar-refractivity contribution is 0.264. The van der Waals surface area contributed by atoms with E-state index < -0.39 is 0 Å². The van der Waals surface area contributed by atoms with Crippen molar-refractivity contribution in [2.24, 2.45) is 4.99 Å². The first-order valence-corrected chi connectivity index (χ1v) is 10.2. The van der Waals surface area contributed by atoms with Gasteiger partial charge in [0.15, 0.2) is 11.5 Å². The van der Waals surface area contributed by atoms with Crippen LogP contribution in [0, 0.1) is 19.7 Å². The Kier molecular flexibility index (Phi) is 7.04. The van der Waals surface area contributed by atoms with Crippen LogP contribution in [0.4, 0.5) is 10.1 Å². The van der Waals surface area contributed by atoms with E-state index in [1.165, 1.54) is 6.07 Å². The van der Waals surface area contributed by atoms with E-state index in [2.05, 4.69) is 39.1 Å². The van der Waals surface area contributed by atoms with Crippen molar-refractivity contribution in [3.8, 4) is 11.5 Å². The zero-order valence-corrected chi connectivity index (χ0v) is 18.3. The molecule has 0 spiro atoms. The van der Waals surface area contributed by atoms with E-state index in [9.17, 15) is 4.39 Å². The van der Waals surface area contributed by atoms with Gasteiger partial charge in [-0.15, -0.1) is 0 Å². The van der Waals surface area contributed by atoms with E-state index in [4.69, 9.17) is 9.47 Å². The summed E-state index contributed by atoms with van der Waals surface area (Å²) in [6.45, 7) is 6.59. The number of benzene rings is 3. The number of halogens is 2. The Morgan fingerprint density at radius 3 is 2.59 bits per heavy atom. The maximum atomic E-state index is 13.9. The fraction of sp³-hybridized carbons (Fsp3) is 0.208. The highest BCUT2D eigenvalue weighted by Crippen LogP contribution is 2.37. The summed E-state index contributed by atoms with van der Waals surface area (Å²) in [5.41, 5.74) is 4.57. The zero-order valence-electron chi connectivity index (χ0n) is 16.7. The third-order valence-corrected chi connectivity index (χ3v) is 4.97. The third kappa shape index (κ3) is 5.45. The van der Waals surface area contributed by atoms with E-state index in [0.29, 0.717) is 23.7 Å². The van der Waals surface area contributed by atoms with Crippen molar-refractivity contribution in [1.29, 1.82) is 0 Å². The molecule has 3 rings (SSSR count). The van der Waals surface area contributed by atoms with Gasteiger partial charge in [-0.2, -0.15) is 0 Å². The Balaban J connectivity index is 1.86. The summed E-state index contributed by atoms with van der Waals surface area (Å²) in [6, 6.07) is 16.5. The SMILES string of the molecule is CCOc1cc(C=Nc2cc(C)ccc2C)cc(Br)c1OCc1ccccc1F. The molecule has 0 radical (unpaired) electrons. The van der Waals surface area contributed by atoms with Crippen LogP contribution in [-0.4, -0.2) is 12.8 Å². The number of hydrogen-bond donors (Lipinski definition) is 0. The normalized spacial score (nSPS) is 11.1. The van der Waals surface area contributed by atoms with Crippen LogP contribution >= 0.6 is 15.9 Å². The molecular formula is C24H23BrFNO2. The second kappa shape index (κ2) is 9.70. The van der Waals surface area contributed by atoms with Gasteiger partial charge in [0, 0.05) is 11.8 Å². The van der Waals surface area contributed by atoms with Gasteiger partial charge < -0.3 is 9.47 Å². The fourth-order valence-electron chi connectivity index (χ4n) is 2.83. The first-order chi connectivity index (χ1) is 14.0. The first kappa shape index (κ1) is 21.1. The lowest BCUT2D eigenvalue weighted by Crippen LogP contribution is -2.02. The van der Waals surface area contributed by atoms with Crippen LogP contribution < -0.4 is 9.47 Å². The molecular weight excluding hydrogens is 433 g/mol. The second-order valence-corrected chi connectivity index (χ2v) is 7.55. The summed E-state index contributed by atoms with van der Waals surface area (Å²) < 4.78 is 26.3. The largest absolute Gasteiger partial charge is 0.490 e. The van der Waals surface area contributed by atoms with Gasteiger partial charge in [0.05, 0.1) is 16.8 Å². The van der Waals surface area contributed by atoms with Crippen LogP contribution in [0.2, 0.25) is 0 Å². The number of nitrogens with zero attached hydrogens (tertiary/aromatic N) is 1. The molecule has 0 aliphatic rings. The Morgan fingerprint density at radius 2 is 1.83 bits per heavy atom. The van der Waals surface area contributed by atoms with Crippen molar-refractivity contribution < 1.29 is 13.9 Å². The Labute approximate surface area is 179 Å². The minimum atomic E-state index is -0.293. The molecule has 0 unspecified atom stereocenters. The quantitative estimate of drug-likeness (QED) is 0.361. The average Bonchev–Trinajstić information content (AvgIpc) is 2.69. The molecule has 0 saturated carbocycles. The van der Waals surface area contributed by atoms with Crippen LogP contribution in [0.1, 0.15) is 29.2 Å². The minimum absolute atomic E-state index is 0.112. The highest BCUT2D eigenvalue weighted by Gasteiger charge is 2.13. The molecule has 0 amide bonds. The van der Waals surface area contributed by atoms with E-state index in [1.807, 2.05) is 32.9 Å². The van der Waals surface area contributed by atoms with Crippen molar-refractivity contribution in [2.75, 3.05) is 6.61 Å². The topological polar surface area (TPSA) is 30.8 Å². The molecule has 29 heavy (non-hydrogen) atoms. The summed E-state index contributed by atoms with van der Waals surface area (Å²) in [4.78, 5) is 4.62. The summed E-state index contributed by atoms with van der Waals surface area (Å²) in [5, 5.41) is 0. The lowest BCUT2D eigenvalue weighted by Gasteiger charge is -2.15. The highest BCUT2D eigenvalue weighted by atomic mass is 79.9. The molecule has 0 aliphatic heterocycles. The molecule has 0 heterocycles. The standard InChI is InChI=1S/C24H23BrFNO2/c1-4-28-23-13-18(14-27-22-11-16(2)9-10-17(22)3)12-20(25)24(23)29-15-19-7-5-6-8-21(19)26/h5-14H,4,15H2,1-3H3. The molecule has 0 fully saturated rings. The maximum Gasteiger partial charge on any atom is 0.175 e. The van der Waals surface area contributed by atoms with Crippen LogP contribution in [0.15, 0.2) is 64.1 Å². The number of rotatable bonds is 7. The van der Waals surface area contributed by atoms with Gasteiger partial charge >= 0.3 is 0 Å². The second-order valence-electron chi connectivity index (χ2n) is 6.69. The minimum Gasteiger partial charge on any atom is -0.490 e. The van der Waals surface area contributed by atoms with Gasteiger partial charge in [0.1, 0.15) is 12.4 Å². The summed E-state index contributed by atoms with van der Waals surface area (Å²) in [6.07, 6.45) is 1.80. The molecule has 0 aromatic heterocycles. The lowest BCUT2D eigenvalue weighted by atomic mass is 10.1. The van der Waals surface area contributed by atoms with Crippen LogP contribution in [0.5, 0.6) is 11.5 Å². The highest BCUT2D eigenvalue weighted by molar-refractivity contribution is 9.10. The number of aryl methyl sites for hydroxylation is 2. The van der Waals surface area contributed by atoms with E-state index >= 15 is 0 Å². The van der Waals surface area contributed by atoms with Gasteiger partial charge in [0.2, 0.25) is 0 Å². The number of ether oxygens (including phenoxy) is 2. The predicted molar refractivity (Wildman–Crippen MR) is 119 cm³/mol. The van der Waals surface area contributed by atoms with Crippen molar-refractivity contribution in [3.05, 3.63) is 87.1 Å². The third-order valence-electron chi connectivity index (χ3n) is 4.38. The molecule has 0 bridgehead atoms. The predicted octanol–water partition coefficient (Wildman–Crippen LogP) is 6.93. The monoisotopic (exact) mass is 455 g/mol. The van der Waals surface area contributed by atoms with Crippen LogP contribution in [0.25, 0.3) is 0 Å². The van der Waals surface area contributed by atoms with Gasteiger partial charge in [-0.1, -0.05) is 30.3 Å². The summed E-state index contributed by atoms with van der Waals surface area (Å²) in [7, 11) is 0. The van der Waals surface area contributed by atoms with Gasteiger partial charge in [-0.25, -0.2) is 4.39 Å². The molecule has 0 N–H and O–H groups in total. The first-order valence-electron chi connectivity index (χ1n) is 9.41. The molecule has 0 atom stereocenters. The Hall–Kier alpha value is -2.66. The number of aliphatic imine (C=N–C) groups is 1. The van der Waals surface area contributed by atoms with Gasteiger partial charge in [-0.05, 0) is 77.7 Å². The van der Waals surface area contributed by atoms with E-state index in [0.717, 1.165) is 26.9 Å². The number of hydrogen-bond acceptors (Lipinski definition) is 3. The Morgan fingerprint density at radius 1 is 1.03 bits per heavy atom. The van der Waals surface area contributed by atoms with E-state index in [-0.39, 0.29) is 12.4 Å². The fourth-order valence-corrected chi connectivity index (χ4v) is 3.41. The van der Waals surface area contributed by atoms with Crippen molar-refractivity contribution in [3.63, 3.8) is 0 Å². The molecule has 0 aliphatic carbocycles. The molecule has 3 nitrogen and oxygen atoms in total. The summed E-state index contributed by atoms with van der Waals surface area (Å²) >= 11 is 3.55. The summed E-state index contributed by atoms with van der Waals surface area (Å²) in [5.74, 6) is 0.832. The van der Waals surface area contributed by atoms with Gasteiger partial charge in [0.25, 0.3) is 0 Å². The Bertz CT molecular complexity index is 1030. The van der Waals surface area contributed by atoms with Crippen molar-refractivity contribution >= 4 is 27.8 Å². The molecule has 0 saturated heterocycles. The molecule has 5 heteroatoms. The van der Waals surface area contributed by atoms with Crippen molar-refractivity contribution in [2.45, 2.75) is 27.4 Å². The van der Waals surface area contributed by atoms with Crippen LogP contribution in [0.3, 0.4) is 0 Å². The molecule has 3 aromatic carbocycles. The molecule has 3 aromatic rings.